The van der Waals surface area contributed by atoms with Gasteiger partial charge in [-0.1, -0.05) is 30.3 Å². The summed E-state index contributed by atoms with van der Waals surface area (Å²) in [5, 5.41) is 6.52. The number of halogens is 1. The van der Waals surface area contributed by atoms with Crippen LogP contribution in [0.25, 0.3) is 10.9 Å². The van der Waals surface area contributed by atoms with Gasteiger partial charge in [0.1, 0.15) is 24.0 Å². The molecule has 1 saturated heterocycles. The lowest BCUT2D eigenvalue weighted by Gasteiger charge is -2.36. The molecule has 1 aromatic heterocycles. The number of amides is 3. The summed E-state index contributed by atoms with van der Waals surface area (Å²) in [5.41, 5.74) is 2.11. The van der Waals surface area contributed by atoms with Gasteiger partial charge in [-0.25, -0.2) is 14.0 Å². The predicted octanol–water partition coefficient (Wildman–Crippen LogP) is 6.35. The summed E-state index contributed by atoms with van der Waals surface area (Å²) in [6.45, 7) is 7.03. The van der Waals surface area contributed by atoms with Gasteiger partial charge in [-0.15, -0.1) is 0 Å². The van der Waals surface area contributed by atoms with Crippen molar-refractivity contribution >= 4 is 40.5 Å². The minimum atomic E-state index is -0.716. The number of alkyl halides is 1. The molecule has 1 aliphatic heterocycles. The Labute approximate surface area is 281 Å². The summed E-state index contributed by atoms with van der Waals surface area (Å²) in [6.07, 6.45) is 2.26. The van der Waals surface area contributed by atoms with Crippen LogP contribution >= 0.6 is 0 Å². The number of aryl methyl sites for hydroxylation is 1. The third-order valence-corrected chi connectivity index (χ3v) is 9.53. The molecule has 48 heavy (non-hydrogen) atoms. The number of carbonyl (C=O) groups is 4. The minimum Gasteiger partial charge on any atom is -0.461 e. The van der Waals surface area contributed by atoms with Gasteiger partial charge in [-0.2, -0.15) is 0 Å². The maximum Gasteiger partial charge on any atom is 0.407 e. The SMILES string of the molecule is CCOC(=O)c1cc2cc(NC(=O)[C@@H]3[C@H](c4ccccc4)CCN3C(=O)C3CCC(C(CF)NC(=O)OC(C)(C)C)CC3)ccc2n1C. The summed E-state index contributed by atoms with van der Waals surface area (Å²) in [5.74, 6) is -1.35. The number of esters is 1. The number of carbonyl (C=O) groups excluding carboxylic acids is 4. The van der Waals surface area contributed by atoms with Crippen LogP contribution in [-0.4, -0.2) is 70.9 Å². The van der Waals surface area contributed by atoms with Gasteiger partial charge >= 0.3 is 12.1 Å². The molecule has 2 aliphatic rings. The Balaban J connectivity index is 1.30. The second kappa shape index (κ2) is 14.8. The van der Waals surface area contributed by atoms with Crippen LogP contribution in [0.1, 0.15) is 81.8 Å². The maximum atomic E-state index is 14.1. The van der Waals surface area contributed by atoms with Gasteiger partial charge in [-0.05, 0) is 95.5 Å². The van der Waals surface area contributed by atoms with Gasteiger partial charge < -0.3 is 29.6 Å². The quantitative estimate of drug-likeness (QED) is 0.258. The van der Waals surface area contributed by atoms with Crippen LogP contribution in [0, 0.1) is 11.8 Å². The molecular weight excluding hydrogens is 615 g/mol. The number of anilines is 1. The molecule has 5 rings (SSSR count). The van der Waals surface area contributed by atoms with E-state index in [9.17, 15) is 23.6 Å². The smallest absolute Gasteiger partial charge is 0.407 e. The third kappa shape index (κ3) is 7.82. The van der Waals surface area contributed by atoms with Gasteiger partial charge in [0.15, 0.2) is 0 Å². The number of benzene rings is 2. The zero-order chi connectivity index (χ0) is 34.6. The molecule has 0 spiro atoms. The fraction of sp³-hybridized carbons (Fsp3) is 0.514. The molecule has 1 saturated carbocycles. The van der Waals surface area contributed by atoms with Crippen molar-refractivity contribution in [1.29, 1.82) is 0 Å². The van der Waals surface area contributed by atoms with Crippen molar-refractivity contribution in [2.24, 2.45) is 18.9 Å². The van der Waals surface area contributed by atoms with E-state index in [4.69, 9.17) is 9.47 Å². The molecule has 2 fully saturated rings. The zero-order valence-corrected chi connectivity index (χ0v) is 28.5. The fourth-order valence-electron chi connectivity index (χ4n) is 7.20. The van der Waals surface area contributed by atoms with E-state index >= 15 is 0 Å². The molecule has 10 nitrogen and oxygen atoms in total. The molecule has 11 heteroatoms. The normalized spacial score (nSPS) is 21.8. The number of alkyl carbamates (subject to hydrolysis) is 1. The van der Waals surface area contributed by atoms with E-state index in [0.717, 1.165) is 16.5 Å². The Morgan fingerprint density at radius 1 is 0.979 bits per heavy atom. The standard InChI is InChI=1S/C37H47FN4O6/c1-6-47-35(45)31-21-26-20-27(16-17-30(26)41(31)5)39-33(43)32-28(23-10-8-7-9-11-23)18-19-42(32)34(44)25-14-12-24(13-15-25)29(22-38)40-36(46)48-37(2,3)4/h7-11,16-17,20-21,24-25,28-29,32H,6,12-15,18-19,22H2,1-5H3,(H,39,43)(H,40,46)/t24?,25?,28-,29?,32-/m0/s1. The Bertz CT molecular complexity index is 1630. The number of hydrogen-bond acceptors (Lipinski definition) is 6. The molecular formula is C37H47FN4O6. The Morgan fingerprint density at radius 3 is 2.33 bits per heavy atom. The molecule has 258 valence electrons. The topological polar surface area (TPSA) is 119 Å². The van der Waals surface area contributed by atoms with E-state index in [1.807, 2.05) is 42.5 Å². The van der Waals surface area contributed by atoms with Gasteiger partial charge in [0.25, 0.3) is 0 Å². The van der Waals surface area contributed by atoms with E-state index in [2.05, 4.69) is 10.6 Å². The van der Waals surface area contributed by atoms with Crippen LogP contribution in [0.5, 0.6) is 0 Å². The molecule has 3 aromatic rings. The average molecular weight is 663 g/mol. The molecule has 2 aromatic carbocycles. The van der Waals surface area contributed by atoms with E-state index in [0.29, 0.717) is 50.0 Å². The van der Waals surface area contributed by atoms with Crippen LogP contribution in [0.2, 0.25) is 0 Å². The monoisotopic (exact) mass is 662 g/mol. The first-order chi connectivity index (χ1) is 22.9. The van der Waals surface area contributed by atoms with Gasteiger partial charge in [0.2, 0.25) is 11.8 Å². The van der Waals surface area contributed by atoms with Crippen molar-refractivity contribution in [3.8, 4) is 0 Å². The van der Waals surface area contributed by atoms with Crippen LogP contribution < -0.4 is 10.6 Å². The highest BCUT2D eigenvalue weighted by Crippen LogP contribution is 2.39. The van der Waals surface area contributed by atoms with Gasteiger partial charge in [-0.3, -0.25) is 9.59 Å². The summed E-state index contributed by atoms with van der Waals surface area (Å²) in [4.78, 5) is 54.7. The summed E-state index contributed by atoms with van der Waals surface area (Å²) < 4.78 is 26.3. The predicted molar refractivity (Wildman–Crippen MR) is 181 cm³/mol. The van der Waals surface area contributed by atoms with E-state index < -0.39 is 36.4 Å². The summed E-state index contributed by atoms with van der Waals surface area (Å²) >= 11 is 0. The number of nitrogens with zero attached hydrogens (tertiary/aromatic N) is 2. The van der Waals surface area contributed by atoms with Crippen LogP contribution in [0.3, 0.4) is 0 Å². The van der Waals surface area contributed by atoms with Crippen molar-refractivity contribution in [3.05, 3.63) is 65.9 Å². The van der Waals surface area contributed by atoms with Crippen molar-refractivity contribution in [2.75, 3.05) is 25.1 Å². The maximum absolute atomic E-state index is 14.1. The van der Waals surface area contributed by atoms with Crippen molar-refractivity contribution in [2.45, 2.75) is 83.4 Å². The first kappa shape index (κ1) is 34.9. The highest BCUT2D eigenvalue weighted by Gasteiger charge is 2.45. The van der Waals surface area contributed by atoms with Gasteiger partial charge in [0, 0.05) is 42.0 Å². The minimum absolute atomic E-state index is 0.0680. The Hall–Kier alpha value is -4.41. The number of aromatic nitrogens is 1. The number of likely N-dealkylation sites (tertiary alicyclic amines) is 1. The van der Waals surface area contributed by atoms with Gasteiger partial charge in [0.05, 0.1) is 12.6 Å². The molecule has 3 atom stereocenters. The van der Waals surface area contributed by atoms with Crippen molar-refractivity contribution in [3.63, 3.8) is 0 Å². The molecule has 1 unspecified atom stereocenters. The van der Waals surface area contributed by atoms with Crippen LogP contribution in [0.15, 0.2) is 54.6 Å². The second-order valence-corrected chi connectivity index (χ2v) is 13.9. The molecule has 1 aliphatic carbocycles. The summed E-state index contributed by atoms with van der Waals surface area (Å²) in [6, 6.07) is 15.6. The lowest BCUT2D eigenvalue weighted by molar-refractivity contribution is -0.141. The third-order valence-electron chi connectivity index (χ3n) is 9.53. The summed E-state index contributed by atoms with van der Waals surface area (Å²) in [7, 11) is 1.79. The number of rotatable bonds is 9. The Morgan fingerprint density at radius 2 is 1.69 bits per heavy atom. The van der Waals surface area contributed by atoms with E-state index in [1.165, 1.54) is 0 Å². The second-order valence-electron chi connectivity index (χ2n) is 13.9. The number of nitrogens with one attached hydrogen (secondary N) is 2. The molecule has 0 bridgehead atoms. The van der Waals surface area contributed by atoms with Crippen molar-refractivity contribution < 1.29 is 33.0 Å². The highest BCUT2D eigenvalue weighted by molar-refractivity contribution is 6.01. The number of hydrogen-bond donors (Lipinski definition) is 2. The molecule has 2 N–H and O–H groups in total. The first-order valence-electron chi connectivity index (χ1n) is 16.9. The zero-order valence-electron chi connectivity index (χ0n) is 28.5. The largest absolute Gasteiger partial charge is 0.461 e. The van der Waals surface area contributed by atoms with E-state index in [-0.39, 0.29) is 36.2 Å². The fourth-order valence-corrected chi connectivity index (χ4v) is 7.20. The molecule has 3 amide bonds. The van der Waals surface area contributed by atoms with Crippen molar-refractivity contribution in [1.82, 2.24) is 14.8 Å². The number of ether oxygens (including phenoxy) is 2. The van der Waals surface area contributed by atoms with E-state index in [1.54, 1.807) is 56.3 Å². The lowest BCUT2D eigenvalue weighted by atomic mass is 9.78. The first-order valence-corrected chi connectivity index (χ1v) is 16.9. The molecule has 2 heterocycles. The number of fused-ring (bicyclic) bond motifs is 1. The van der Waals surface area contributed by atoms with Crippen LogP contribution in [0.4, 0.5) is 14.9 Å². The van der Waals surface area contributed by atoms with Crippen LogP contribution in [-0.2, 0) is 26.1 Å². The Kier molecular flexibility index (Phi) is 10.8. The molecule has 0 radical (unpaired) electrons. The lowest BCUT2D eigenvalue weighted by Crippen LogP contribution is -2.49. The highest BCUT2D eigenvalue weighted by atomic mass is 19.1. The average Bonchev–Trinajstić information content (AvgIpc) is 3.65.